The first-order valence-corrected chi connectivity index (χ1v) is 6.54. The van der Waals surface area contributed by atoms with Gasteiger partial charge in [-0.05, 0) is 25.7 Å². The number of unbranched alkanes of at least 4 members (excludes halogenated alkanes) is 5. The summed E-state index contributed by atoms with van der Waals surface area (Å²) in [5.74, 6) is 0. The van der Waals surface area contributed by atoms with Crippen LogP contribution in [0.4, 0.5) is 0 Å². The minimum Gasteiger partial charge on any atom is -0.393 e. The van der Waals surface area contributed by atoms with E-state index in [-0.39, 0.29) is 0 Å². The molecule has 15 heavy (non-hydrogen) atoms. The van der Waals surface area contributed by atoms with Crippen molar-refractivity contribution in [3.63, 3.8) is 0 Å². The summed E-state index contributed by atoms with van der Waals surface area (Å²) in [5.41, 5.74) is 5.39. The molecule has 2 N–H and O–H groups in total. The van der Waals surface area contributed by atoms with Crippen molar-refractivity contribution in [2.24, 2.45) is 5.73 Å². The van der Waals surface area contributed by atoms with E-state index in [0.29, 0.717) is 4.99 Å². The molecule has 0 fully saturated rings. The van der Waals surface area contributed by atoms with Gasteiger partial charge in [-0.25, -0.2) is 0 Å². The summed E-state index contributed by atoms with van der Waals surface area (Å²) in [7, 11) is 0. The second-order valence-corrected chi connectivity index (χ2v) is 4.47. The van der Waals surface area contributed by atoms with Crippen LogP contribution in [-0.2, 0) is 4.74 Å². The fourth-order valence-corrected chi connectivity index (χ4v) is 1.56. The van der Waals surface area contributed by atoms with Crippen molar-refractivity contribution < 1.29 is 4.74 Å². The largest absolute Gasteiger partial charge is 0.393 e. The average Bonchev–Trinajstić information content (AvgIpc) is 2.20. The van der Waals surface area contributed by atoms with Crippen LogP contribution in [-0.4, -0.2) is 18.2 Å². The van der Waals surface area contributed by atoms with Crippen molar-refractivity contribution in [1.29, 1.82) is 0 Å². The number of ether oxygens (including phenoxy) is 1. The summed E-state index contributed by atoms with van der Waals surface area (Å²) in [5, 5.41) is 0. The smallest absolute Gasteiger partial charge is 0.0727 e. The first kappa shape index (κ1) is 14.8. The van der Waals surface area contributed by atoms with Crippen molar-refractivity contribution in [2.75, 3.05) is 13.2 Å². The lowest BCUT2D eigenvalue weighted by molar-refractivity contribution is 0.126. The summed E-state index contributed by atoms with van der Waals surface area (Å²) in [6.45, 7) is 4.01. The lowest BCUT2D eigenvalue weighted by Crippen LogP contribution is -2.07. The number of hydrogen-bond donors (Lipinski definition) is 1. The van der Waals surface area contributed by atoms with Gasteiger partial charge in [0.2, 0.25) is 0 Å². The first-order chi connectivity index (χ1) is 7.27. The highest BCUT2D eigenvalue weighted by Crippen LogP contribution is 2.03. The van der Waals surface area contributed by atoms with E-state index in [0.717, 1.165) is 32.5 Å². The molecule has 0 aliphatic carbocycles. The summed E-state index contributed by atoms with van der Waals surface area (Å²) in [4.78, 5) is 0.620. The van der Waals surface area contributed by atoms with E-state index in [1.54, 1.807) is 0 Å². The Morgan fingerprint density at radius 2 is 1.60 bits per heavy atom. The normalized spacial score (nSPS) is 10.5. The highest BCUT2D eigenvalue weighted by atomic mass is 32.1. The predicted octanol–water partition coefficient (Wildman–Crippen LogP) is 3.43. The third-order valence-electron chi connectivity index (χ3n) is 2.35. The summed E-state index contributed by atoms with van der Waals surface area (Å²) < 4.78 is 5.51. The van der Waals surface area contributed by atoms with Crippen LogP contribution < -0.4 is 5.73 Å². The van der Waals surface area contributed by atoms with Crippen LogP contribution in [0.1, 0.15) is 58.3 Å². The Bertz CT molecular complexity index is 151. The second kappa shape index (κ2) is 11.9. The zero-order valence-corrected chi connectivity index (χ0v) is 10.8. The Morgan fingerprint density at radius 3 is 2.20 bits per heavy atom. The van der Waals surface area contributed by atoms with E-state index >= 15 is 0 Å². The van der Waals surface area contributed by atoms with E-state index in [1.807, 2.05) is 0 Å². The SMILES string of the molecule is CCCCCCCOCCCCC(N)=S. The van der Waals surface area contributed by atoms with Gasteiger partial charge in [-0.2, -0.15) is 0 Å². The first-order valence-electron chi connectivity index (χ1n) is 6.13. The Kier molecular flexibility index (Phi) is 11.8. The topological polar surface area (TPSA) is 35.2 Å². The van der Waals surface area contributed by atoms with Gasteiger partial charge in [-0.15, -0.1) is 0 Å². The van der Waals surface area contributed by atoms with Crippen LogP contribution in [0.2, 0.25) is 0 Å². The van der Waals surface area contributed by atoms with E-state index in [2.05, 4.69) is 6.92 Å². The van der Waals surface area contributed by atoms with Crippen molar-refractivity contribution in [3.05, 3.63) is 0 Å². The standard InChI is InChI=1S/C12H25NOS/c1-2-3-4-5-7-10-14-11-8-6-9-12(13)15/h2-11H2,1H3,(H2,13,15). The maximum absolute atomic E-state index is 5.51. The van der Waals surface area contributed by atoms with Crippen molar-refractivity contribution in [3.8, 4) is 0 Å². The van der Waals surface area contributed by atoms with E-state index < -0.39 is 0 Å². The van der Waals surface area contributed by atoms with Crippen LogP contribution in [0.25, 0.3) is 0 Å². The lowest BCUT2D eigenvalue weighted by atomic mass is 10.2. The molecule has 3 heteroatoms. The van der Waals surface area contributed by atoms with Gasteiger partial charge < -0.3 is 10.5 Å². The van der Waals surface area contributed by atoms with Gasteiger partial charge in [0, 0.05) is 13.2 Å². The van der Waals surface area contributed by atoms with Crippen LogP contribution in [0.15, 0.2) is 0 Å². The number of rotatable bonds is 11. The third kappa shape index (κ3) is 13.9. The molecule has 0 saturated carbocycles. The maximum Gasteiger partial charge on any atom is 0.0727 e. The molecule has 2 nitrogen and oxygen atoms in total. The van der Waals surface area contributed by atoms with Gasteiger partial charge in [0.05, 0.1) is 4.99 Å². The van der Waals surface area contributed by atoms with E-state index in [4.69, 9.17) is 22.7 Å². The summed E-state index contributed by atoms with van der Waals surface area (Å²) >= 11 is 4.79. The van der Waals surface area contributed by atoms with Gasteiger partial charge in [0.25, 0.3) is 0 Å². The quantitative estimate of drug-likeness (QED) is 0.437. The van der Waals surface area contributed by atoms with Gasteiger partial charge in [0.1, 0.15) is 0 Å². The number of nitrogens with two attached hydrogens (primary N) is 1. The summed E-state index contributed by atoms with van der Waals surface area (Å²) in [6, 6.07) is 0. The molecule has 0 bridgehead atoms. The van der Waals surface area contributed by atoms with E-state index in [9.17, 15) is 0 Å². The van der Waals surface area contributed by atoms with E-state index in [1.165, 1.54) is 32.1 Å². The van der Waals surface area contributed by atoms with Crippen molar-refractivity contribution in [2.45, 2.75) is 58.3 Å². The van der Waals surface area contributed by atoms with Gasteiger partial charge in [-0.1, -0.05) is 44.8 Å². The van der Waals surface area contributed by atoms with Crippen molar-refractivity contribution in [1.82, 2.24) is 0 Å². The van der Waals surface area contributed by atoms with Gasteiger partial charge in [0.15, 0.2) is 0 Å². The molecule has 0 amide bonds. The average molecular weight is 231 g/mol. The molecule has 0 atom stereocenters. The van der Waals surface area contributed by atoms with Gasteiger partial charge in [-0.3, -0.25) is 0 Å². The molecule has 0 aliphatic rings. The van der Waals surface area contributed by atoms with Crippen LogP contribution >= 0.6 is 12.2 Å². The van der Waals surface area contributed by atoms with Gasteiger partial charge >= 0.3 is 0 Å². The lowest BCUT2D eigenvalue weighted by Gasteiger charge is -2.03. The fourth-order valence-electron chi connectivity index (χ4n) is 1.41. The molecule has 0 radical (unpaired) electrons. The predicted molar refractivity (Wildman–Crippen MR) is 70.2 cm³/mol. The van der Waals surface area contributed by atoms with Crippen LogP contribution in [0.3, 0.4) is 0 Å². The molecule has 90 valence electrons. The van der Waals surface area contributed by atoms with Crippen LogP contribution in [0.5, 0.6) is 0 Å². The molecular formula is C12H25NOS. The molecule has 0 heterocycles. The molecule has 0 unspecified atom stereocenters. The highest BCUT2D eigenvalue weighted by molar-refractivity contribution is 7.80. The minimum absolute atomic E-state index is 0.620. The Labute approximate surface area is 99.6 Å². The second-order valence-electron chi connectivity index (χ2n) is 3.95. The molecule has 0 aromatic carbocycles. The molecule has 0 aromatic rings. The monoisotopic (exact) mass is 231 g/mol. The Morgan fingerprint density at radius 1 is 1.00 bits per heavy atom. The maximum atomic E-state index is 5.51. The summed E-state index contributed by atoms with van der Waals surface area (Å²) in [6.07, 6.45) is 9.51. The fraction of sp³-hybridized carbons (Fsp3) is 0.917. The molecule has 0 rings (SSSR count). The number of hydrogen-bond acceptors (Lipinski definition) is 2. The molecule has 0 saturated heterocycles. The molecule has 0 aromatic heterocycles. The minimum atomic E-state index is 0.620. The molecular weight excluding hydrogens is 206 g/mol. The zero-order chi connectivity index (χ0) is 11.4. The van der Waals surface area contributed by atoms with Crippen molar-refractivity contribution >= 4 is 17.2 Å². The Hall–Kier alpha value is -0.150. The molecule has 0 spiro atoms. The molecule has 0 aliphatic heterocycles. The number of thiocarbonyl (C=S) groups is 1. The zero-order valence-electron chi connectivity index (χ0n) is 9.96. The van der Waals surface area contributed by atoms with Crippen LogP contribution in [0, 0.1) is 0 Å². The Balaban J connectivity index is 2.89. The third-order valence-corrected chi connectivity index (χ3v) is 2.56. The highest BCUT2D eigenvalue weighted by Gasteiger charge is 1.93.